The Labute approximate surface area is 177 Å². The molecule has 0 fully saturated rings. The summed E-state index contributed by atoms with van der Waals surface area (Å²) in [5, 5.41) is 12.9. The van der Waals surface area contributed by atoms with E-state index in [0.29, 0.717) is 22.6 Å². The fraction of sp³-hybridized carbons (Fsp3) is 0.0870. The zero-order chi connectivity index (χ0) is 22.2. The maximum Gasteiger partial charge on any atom is 0.335 e. The van der Waals surface area contributed by atoms with Gasteiger partial charge in [-0.25, -0.2) is 14.6 Å². The largest absolute Gasteiger partial charge is 0.493 e. The number of amides is 1. The van der Waals surface area contributed by atoms with Crippen LogP contribution in [-0.4, -0.2) is 30.3 Å². The molecule has 7 nitrogen and oxygen atoms in total. The molecule has 0 aliphatic heterocycles. The van der Waals surface area contributed by atoms with Gasteiger partial charge in [-0.15, -0.1) is 0 Å². The fourth-order valence-corrected chi connectivity index (χ4v) is 2.70. The highest BCUT2D eigenvalue weighted by molar-refractivity contribution is 5.94. The molecule has 1 amide bonds. The Balaban J connectivity index is 1.64. The van der Waals surface area contributed by atoms with Crippen molar-refractivity contribution >= 4 is 18.1 Å². The number of nitrogens with one attached hydrogen (secondary N) is 1. The molecule has 158 valence electrons. The smallest absolute Gasteiger partial charge is 0.335 e. The lowest BCUT2D eigenvalue weighted by Gasteiger charge is -2.11. The first-order valence-corrected chi connectivity index (χ1v) is 9.18. The minimum Gasteiger partial charge on any atom is -0.493 e. The highest BCUT2D eigenvalue weighted by Gasteiger charge is 2.08. The molecular weight excluding hydrogens is 403 g/mol. The maximum atomic E-state index is 13.2. The van der Waals surface area contributed by atoms with Gasteiger partial charge in [0, 0.05) is 5.56 Å². The zero-order valence-corrected chi connectivity index (χ0v) is 16.5. The van der Waals surface area contributed by atoms with Crippen LogP contribution in [0.4, 0.5) is 4.39 Å². The molecule has 3 rings (SSSR count). The van der Waals surface area contributed by atoms with Crippen LogP contribution in [0.15, 0.2) is 71.8 Å². The number of aromatic carboxylic acids is 1. The van der Waals surface area contributed by atoms with E-state index in [4.69, 9.17) is 14.6 Å². The molecular formula is C23H19FN2O5. The summed E-state index contributed by atoms with van der Waals surface area (Å²) >= 11 is 0. The summed E-state index contributed by atoms with van der Waals surface area (Å²) in [6, 6.07) is 16.8. The summed E-state index contributed by atoms with van der Waals surface area (Å²) in [7, 11) is 1.49. The van der Waals surface area contributed by atoms with Gasteiger partial charge >= 0.3 is 5.97 Å². The summed E-state index contributed by atoms with van der Waals surface area (Å²) in [5.41, 5.74) is 4.01. The number of nitrogens with zero attached hydrogens (tertiary/aromatic N) is 1. The highest BCUT2D eigenvalue weighted by atomic mass is 19.1. The van der Waals surface area contributed by atoms with E-state index in [2.05, 4.69) is 10.5 Å². The van der Waals surface area contributed by atoms with E-state index >= 15 is 0 Å². The quantitative estimate of drug-likeness (QED) is 0.424. The monoisotopic (exact) mass is 422 g/mol. The molecule has 0 saturated carbocycles. The van der Waals surface area contributed by atoms with Gasteiger partial charge in [-0.1, -0.05) is 18.2 Å². The van der Waals surface area contributed by atoms with Crippen LogP contribution in [0.25, 0.3) is 0 Å². The number of ether oxygens (including phenoxy) is 2. The van der Waals surface area contributed by atoms with Crippen LogP contribution in [0.5, 0.6) is 11.5 Å². The van der Waals surface area contributed by atoms with Crippen molar-refractivity contribution in [2.45, 2.75) is 6.61 Å². The van der Waals surface area contributed by atoms with Gasteiger partial charge in [-0.2, -0.15) is 5.10 Å². The van der Waals surface area contributed by atoms with Crippen LogP contribution >= 0.6 is 0 Å². The number of hydrazone groups is 1. The lowest BCUT2D eigenvalue weighted by Crippen LogP contribution is -2.17. The van der Waals surface area contributed by atoms with Crippen molar-refractivity contribution in [3.63, 3.8) is 0 Å². The first kappa shape index (κ1) is 21.5. The topological polar surface area (TPSA) is 97.2 Å². The zero-order valence-electron chi connectivity index (χ0n) is 16.5. The van der Waals surface area contributed by atoms with E-state index in [9.17, 15) is 14.0 Å². The first-order valence-electron chi connectivity index (χ1n) is 9.18. The number of carboxylic acid groups (broad SMARTS) is 1. The van der Waals surface area contributed by atoms with Gasteiger partial charge in [0.15, 0.2) is 11.5 Å². The predicted octanol–water partition coefficient (Wildman–Crippen LogP) is 3.88. The van der Waals surface area contributed by atoms with Gasteiger partial charge in [0.1, 0.15) is 12.4 Å². The van der Waals surface area contributed by atoms with Gasteiger partial charge in [-0.05, 0) is 59.7 Å². The average molecular weight is 422 g/mol. The van der Waals surface area contributed by atoms with Crippen LogP contribution < -0.4 is 14.9 Å². The number of carbonyl (C=O) groups is 2. The number of benzene rings is 3. The molecule has 0 aliphatic carbocycles. The normalized spacial score (nSPS) is 10.6. The minimum absolute atomic E-state index is 0.158. The second-order valence-corrected chi connectivity index (χ2v) is 6.41. The van der Waals surface area contributed by atoms with Gasteiger partial charge in [0.25, 0.3) is 5.91 Å². The Bertz CT molecular complexity index is 1130. The van der Waals surface area contributed by atoms with E-state index in [1.165, 1.54) is 43.7 Å². The third-order valence-electron chi connectivity index (χ3n) is 4.22. The SMILES string of the molecule is COc1cc(/C=N\NC(=O)c2cccc(F)c2)ccc1OCc1cccc(C(=O)O)c1. The number of rotatable bonds is 8. The van der Waals surface area contributed by atoms with Crippen molar-refractivity contribution < 1.29 is 28.6 Å². The van der Waals surface area contributed by atoms with Crippen LogP contribution in [0.2, 0.25) is 0 Å². The van der Waals surface area contributed by atoms with E-state index in [1.807, 2.05) is 0 Å². The molecule has 0 aliphatic rings. The Kier molecular flexibility index (Phi) is 6.95. The van der Waals surface area contributed by atoms with Crippen LogP contribution in [0.3, 0.4) is 0 Å². The lowest BCUT2D eigenvalue weighted by molar-refractivity contribution is 0.0696. The van der Waals surface area contributed by atoms with Crippen molar-refractivity contribution in [1.82, 2.24) is 5.43 Å². The number of halogens is 1. The highest BCUT2D eigenvalue weighted by Crippen LogP contribution is 2.28. The number of hydrogen-bond donors (Lipinski definition) is 2. The lowest BCUT2D eigenvalue weighted by atomic mass is 10.1. The molecule has 0 heterocycles. The number of methoxy groups -OCH3 is 1. The third kappa shape index (κ3) is 5.89. The van der Waals surface area contributed by atoms with Crippen LogP contribution in [0.1, 0.15) is 31.8 Å². The van der Waals surface area contributed by atoms with E-state index in [-0.39, 0.29) is 17.7 Å². The molecule has 2 N–H and O–H groups in total. The first-order chi connectivity index (χ1) is 15.0. The molecule has 3 aromatic carbocycles. The molecule has 0 aromatic heterocycles. The average Bonchev–Trinajstić information content (AvgIpc) is 2.78. The van der Waals surface area contributed by atoms with Crippen molar-refractivity contribution in [3.05, 3.63) is 94.8 Å². The number of hydrogen-bond acceptors (Lipinski definition) is 5. The molecule has 0 unspecified atom stereocenters. The predicted molar refractivity (Wildman–Crippen MR) is 112 cm³/mol. The van der Waals surface area contributed by atoms with Gasteiger partial charge < -0.3 is 14.6 Å². The van der Waals surface area contributed by atoms with Crippen LogP contribution in [0, 0.1) is 5.82 Å². The van der Waals surface area contributed by atoms with E-state index in [0.717, 1.165) is 6.07 Å². The minimum atomic E-state index is -1.01. The maximum absolute atomic E-state index is 13.2. The number of carbonyl (C=O) groups excluding carboxylic acids is 1. The molecule has 0 radical (unpaired) electrons. The fourth-order valence-electron chi connectivity index (χ4n) is 2.70. The van der Waals surface area contributed by atoms with Crippen molar-refractivity contribution in [3.8, 4) is 11.5 Å². The Morgan fingerprint density at radius 3 is 2.55 bits per heavy atom. The van der Waals surface area contributed by atoms with Crippen LogP contribution in [-0.2, 0) is 6.61 Å². The van der Waals surface area contributed by atoms with E-state index in [1.54, 1.807) is 30.3 Å². The number of carboxylic acids is 1. The molecule has 0 bridgehead atoms. The standard InChI is InChI=1S/C23H19FN2O5/c1-30-21-11-15(13-25-26-22(27)17-5-3-7-19(24)12-17)8-9-20(21)31-14-16-4-2-6-18(10-16)23(28)29/h2-13H,14H2,1H3,(H,26,27)(H,28,29)/b25-13-. The van der Waals surface area contributed by atoms with Crippen molar-refractivity contribution in [2.75, 3.05) is 7.11 Å². The molecule has 0 saturated heterocycles. The van der Waals surface area contributed by atoms with Gasteiger partial charge in [0.2, 0.25) is 0 Å². The Hall–Kier alpha value is -4.20. The van der Waals surface area contributed by atoms with Gasteiger partial charge in [-0.3, -0.25) is 4.79 Å². The second kappa shape index (κ2) is 10.0. The molecule has 8 heteroatoms. The molecule has 3 aromatic rings. The summed E-state index contributed by atoms with van der Waals surface area (Å²) in [6.07, 6.45) is 1.42. The van der Waals surface area contributed by atoms with E-state index < -0.39 is 17.7 Å². The second-order valence-electron chi connectivity index (χ2n) is 6.41. The Morgan fingerprint density at radius 1 is 1.03 bits per heavy atom. The summed E-state index contributed by atoms with van der Waals surface area (Å²) in [5.74, 6) is -1.15. The molecule has 0 atom stereocenters. The third-order valence-corrected chi connectivity index (χ3v) is 4.22. The molecule has 31 heavy (non-hydrogen) atoms. The van der Waals surface area contributed by atoms with Gasteiger partial charge in [0.05, 0.1) is 18.9 Å². The Morgan fingerprint density at radius 2 is 1.81 bits per heavy atom. The molecule has 0 spiro atoms. The van der Waals surface area contributed by atoms with Crippen molar-refractivity contribution in [2.24, 2.45) is 5.10 Å². The summed E-state index contributed by atoms with van der Waals surface area (Å²) in [6.45, 7) is 0.161. The summed E-state index contributed by atoms with van der Waals surface area (Å²) < 4.78 is 24.3. The summed E-state index contributed by atoms with van der Waals surface area (Å²) in [4.78, 5) is 23.1. The van der Waals surface area contributed by atoms with Crippen molar-refractivity contribution in [1.29, 1.82) is 0 Å².